The Morgan fingerprint density at radius 2 is 1.91 bits per heavy atom. The first-order valence-corrected chi connectivity index (χ1v) is 4.29. The van der Waals surface area contributed by atoms with E-state index < -0.39 is 0 Å². The molecule has 0 spiro atoms. The molecule has 0 fully saturated rings. The zero-order valence-corrected chi connectivity index (χ0v) is 7.69. The SMILES string of the molecule is C=CCNCCNCC(C)C. The Hall–Kier alpha value is -0.340. The maximum atomic E-state index is 3.62. The fourth-order valence-corrected chi connectivity index (χ4v) is 0.772. The Morgan fingerprint density at radius 3 is 2.45 bits per heavy atom. The highest BCUT2D eigenvalue weighted by Gasteiger charge is 1.90. The van der Waals surface area contributed by atoms with Crippen molar-refractivity contribution in [2.45, 2.75) is 13.8 Å². The van der Waals surface area contributed by atoms with Crippen molar-refractivity contribution in [2.24, 2.45) is 5.92 Å². The van der Waals surface area contributed by atoms with Crippen molar-refractivity contribution < 1.29 is 0 Å². The lowest BCUT2D eigenvalue weighted by Gasteiger charge is -2.06. The summed E-state index contributed by atoms with van der Waals surface area (Å²) in [5, 5.41) is 6.58. The van der Waals surface area contributed by atoms with E-state index in [1.165, 1.54) is 0 Å². The van der Waals surface area contributed by atoms with Crippen LogP contribution in [0.3, 0.4) is 0 Å². The topological polar surface area (TPSA) is 24.1 Å². The minimum atomic E-state index is 0.745. The smallest absolute Gasteiger partial charge is 0.0132 e. The Labute approximate surface area is 70.1 Å². The Balaban J connectivity index is 2.85. The molecule has 0 aromatic rings. The van der Waals surface area contributed by atoms with Gasteiger partial charge in [-0.3, -0.25) is 0 Å². The molecule has 2 heteroatoms. The fraction of sp³-hybridized carbons (Fsp3) is 0.778. The number of hydrogen-bond acceptors (Lipinski definition) is 2. The second kappa shape index (κ2) is 7.76. The van der Waals surface area contributed by atoms with Crippen molar-refractivity contribution in [3.63, 3.8) is 0 Å². The summed E-state index contributed by atoms with van der Waals surface area (Å²) in [6, 6.07) is 0. The summed E-state index contributed by atoms with van der Waals surface area (Å²) in [4.78, 5) is 0. The van der Waals surface area contributed by atoms with Gasteiger partial charge in [0, 0.05) is 19.6 Å². The lowest BCUT2D eigenvalue weighted by molar-refractivity contribution is 0.542. The molecular weight excluding hydrogens is 136 g/mol. The zero-order chi connectivity index (χ0) is 8.53. The fourth-order valence-electron chi connectivity index (χ4n) is 0.772. The second-order valence-electron chi connectivity index (χ2n) is 3.09. The van der Waals surface area contributed by atoms with Crippen LogP contribution in [0.25, 0.3) is 0 Å². The van der Waals surface area contributed by atoms with Gasteiger partial charge in [-0.15, -0.1) is 6.58 Å². The first-order chi connectivity index (χ1) is 5.27. The third kappa shape index (κ3) is 9.66. The maximum absolute atomic E-state index is 3.62. The molecule has 11 heavy (non-hydrogen) atoms. The normalized spacial score (nSPS) is 10.5. The standard InChI is InChI=1S/C9H20N2/c1-4-5-10-6-7-11-8-9(2)3/h4,9-11H,1,5-8H2,2-3H3. The maximum Gasteiger partial charge on any atom is 0.0132 e. The summed E-state index contributed by atoms with van der Waals surface area (Å²) >= 11 is 0. The van der Waals surface area contributed by atoms with E-state index >= 15 is 0 Å². The summed E-state index contributed by atoms with van der Waals surface area (Å²) < 4.78 is 0. The van der Waals surface area contributed by atoms with Gasteiger partial charge in [0.25, 0.3) is 0 Å². The molecule has 0 aromatic heterocycles. The van der Waals surface area contributed by atoms with E-state index in [0.29, 0.717) is 0 Å². The van der Waals surface area contributed by atoms with Crippen LogP contribution in [-0.2, 0) is 0 Å². The molecule has 0 aliphatic heterocycles. The molecule has 0 saturated carbocycles. The molecule has 0 aliphatic carbocycles. The van der Waals surface area contributed by atoms with E-state index in [0.717, 1.165) is 32.1 Å². The van der Waals surface area contributed by atoms with Crippen LogP contribution in [0.5, 0.6) is 0 Å². The van der Waals surface area contributed by atoms with Crippen LogP contribution < -0.4 is 10.6 Å². The molecule has 0 rings (SSSR count). The van der Waals surface area contributed by atoms with Gasteiger partial charge in [0.15, 0.2) is 0 Å². The molecule has 2 N–H and O–H groups in total. The van der Waals surface area contributed by atoms with E-state index in [2.05, 4.69) is 31.1 Å². The van der Waals surface area contributed by atoms with Gasteiger partial charge < -0.3 is 10.6 Å². The van der Waals surface area contributed by atoms with E-state index in [-0.39, 0.29) is 0 Å². The molecule has 0 bridgehead atoms. The lowest BCUT2D eigenvalue weighted by atomic mass is 10.2. The molecule has 0 heterocycles. The molecule has 0 amide bonds. The van der Waals surface area contributed by atoms with Crippen LogP contribution in [0.4, 0.5) is 0 Å². The van der Waals surface area contributed by atoms with Crippen molar-refractivity contribution in [3.05, 3.63) is 12.7 Å². The predicted octanol–water partition coefficient (Wildman–Crippen LogP) is 1.01. The molecule has 0 aromatic carbocycles. The average Bonchev–Trinajstić information content (AvgIpc) is 1.96. The third-order valence-electron chi connectivity index (χ3n) is 1.32. The summed E-state index contributed by atoms with van der Waals surface area (Å²) in [6.45, 7) is 12.1. The van der Waals surface area contributed by atoms with E-state index in [9.17, 15) is 0 Å². The monoisotopic (exact) mass is 156 g/mol. The minimum absolute atomic E-state index is 0.745. The highest BCUT2D eigenvalue weighted by Crippen LogP contribution is 1.85. The molecule has 0 aliphatic rings. The molecule has 0 unspecified atom stereocenters. The molecule has 0 radical (unpaired) electrons. The summed E-state index contributed by atoms with van der Waals surface area (Å²) in [7, 11) is 0. The predicted molar refractivity (Wildman–Crippen MR) is 50.8 cm³/mol. The Kier molecular flexibility index (Phi) is 7.52. The van der Waals surface area contributed by atoms with Gasteiger partial charge in [-0.1, -0.05) is 19.9 Å². The van der Waals surface area contributed by atoms with Crippen LogP contribution in [0.15, 0.2) is 12.7 Å². The van der Waals surface area contributed by atoms with Crippen LogP contribution >= 0.6 is 0 Å². The highest BCUT2D eigenvalue weighted by molar-refractivity contribution is 4.69. The lowest BCUT2D eigenvalue weighted by Crippen LogP contribution is -2.29. The summed E-state index contributed by atoms with van der Waals surface area (Å²) in [5.74, 6) is 0.745. The first kappa shape index (κ1) is 10.7. The number of hydrogen-bond donors (Lipinski definition) is 2. The van der Waals surface area contributed by atoms with Crippen molar-refractivity contribution >= 4 is 0 Å². The van der Waals surface area contributed by atoms with Gasteiger partial charge in [0.05, 0.1) is 0 Å². The van der Waals surface area contributed by atoms with Gasteiger partial charge >= 0.3 is 0 Å². The van der Waals surface area contributed by atoms with E-state index in [4.69, 9.17) is 0 Å². The number of nitrogens with one attached hydrogen (secondary N) is 2. The van der Waals surface area contributed by atoms with E-state index in [1.807, 2.05) is 6.08 Å². The Morgan fingerprint density at radius 1 is 1.27 bits per heavy atom. The summed E-state index contributed by atoms with van der Waals surface area (Å²) in [6.07, 6.45) is 1.88. The summed E-state index contributed by atoms with van der Waals surface area (Å²) in [5.41, 5.74) is 0. The largest absolute Gasteiger partial charge is 0.315 e. The van der Waals surface area contributed by atoms with Crippen LogP contribution in [0, 0.1) is 5.92 Å². The van der Waals surface area contributed by atoms with Gasteiger partial charge in [-0.2, -0.15) is 0 Å². The zero-order valence-electron chi connectivity index (χ0n) is 7.69. The second-order valence-corrected chi connectivity index (χ2v) is 3.09. The Bertz CT molecular complexity index is 89.6. The molecule has 0 atom stereocenters. The molecular formula is C9H20N2. The van der Waals surface area contributed by atoms with Crippen LogP contribution in [0.2, 0.25) is 0 Å². The van der Waals surface area contributed by atoms with Crippen molar-refractivity contribution in [1.29, 1.82) is 0 Å². The van der Waals surface area contributed by atoms with Gasteiger partial charge in [-0.05, 0) is 12.5 Å². The average molecular weight is 156 g/mol. The molecule has 2 nitrogen and oxygen atoms in total. The van der Waals surface area contributed by atoms with Crippen LogP contribution in [-0.4, -0.2) is 26.2 Å². The molecule has 66 valence electrons. The van der Waals surface area contributed by atoms with Crippen molar-refractivity contribution in [2.75, 3.05) is 26.2 Å². The van der Waals surface area contributed by atoms with Crippen molar-refractivity contribution in [3.8, 4) is 0 Å². The van der Waals surface area contributed by atoms with Crippen LogP contribution in [0.1, 0.15) is 13.8 Å². The number of rotatable bonds is 7. The highest BCUT2D eigenvalue weighted by atomic mass is 14.9. The minimum Gasteiger partial charge on any atom is -0.315 e. The van der Waals surface area contributed by atoms with Gasteiger partial charge in [0.1, 0.15) is 0 Å². The quantitative estimate of drug-likeness (QED) is 0.424. The first-order valence-electron chi connectivity index (χ1n) is 4.29. The van der Waals surface area contributed by atoms with Gasteiger partial charge in [-0.25, -0.2) is 0 Å². The van der Waals surface area contributed by atoms with Crippen molar-refractivity contribution in [1.82, 2.24) is 10.6 Å². The third-order valence-corrected chi connectivity index (χ3v) is 1.32. The molecule has 0 saturated heterocycles. The van der Waals surface area contributed by atoms with Gasteiger partial charge in [0.2, 0.25) is 0 Å². The van der Waals surface area contributed by atoms with E-state index in [1.54, 1.807) is 0 Å².